The molecule has 2 N–H and O–H groups in total. The molecule has 0 saturated carbocycles. The van der Waals surface area contributed by atoms with Crippen molar-refractivity contribution in [1.82, 2.24) is 15.6 Å². The second-order valence-corrected chi connectivity index (χ2v) is 7.44. The zero-order chi connectivity index (χ0) is 17.3. The lowest BCUT2D eigenvalue weighted by Crippen LogP contribution is -2.60. The summed E-state index contributed by atoms with van der Waals surface area (Å²) in [5.41, 5.74) is 1.35. The zero-order valence-electron chi connectivity index (χ0n) is 14.3. The fourth-order valence-electron chi connectivity index (χ4n) is 3.24. The van der Waals surface area contributed by atoms with E-state index in [1.807, 2.05) is 24.3 Å². The lowest BCUT2D eigenvalue weighted by atomic mass is 9.78. The first-order chi connectivity index (χ1) is 11.3. The summed E-state index contributed by atoms with van der Waals surface area (Å²) in [5, 5.41) is 7.07. The van der Waals surface area contributed by atoms with Crippen LogP contribution in [0.1, 0.15) is 44.0 Å². The van der Waals surface area contributed by atoms with E-state index in [4.69, 9.17) is 0 Å². The summed E-state index contributed by atoms with van der Waals surface area (Å²) in [6.45, 7) is 6.22. The Morgan fingerprint density at radius 1 is 1.29 bits per heavy atom. The smallest absolute Gasteiger partial charge is 0.251 e. The summed E-state index contributed by atoms with van der Waals surface area (Å²) in [4.78, 5) is 28.7. The van der Waals surface area contributed by atoms with Gasteiger partial charge in [0.2, 0.25) is 5.91 Å². The molecule has 24 heavy (non-hydrogen) atoms. The third-order valence-corrected chi connectivity index (χ3v) is 4.52. The number of carbonyl (C=O) groups excluding carboxylic acids is 2. The molecule has 1 fully saturated rings. The van der Waals surface area contributed by atoms with Crippen LogP contribution in [0.25, 0.3) is 10.9 Å². The van der Waals surface area contributed by atoms with Crippen LogP contribution in [0.2, 0.25) is 0 Å². The highest BCUT2D eigenvalue weighted by Gasteiger charge is 2.37. The molecular weight excluding hydrogens is 302 g/mol. The molecule has 5 heteroatoms. The number of aromatic nitrogens is 1. The van der Waals surface area contributed by atoms with E-state index in [0.717, 1.165) is 10.9 Å². The van der Waals surface area contributed by atoms with Crippen LogP contribution < -0.4 is 10.6 Å². The lowest BCUT2D eigenvalue weighted by Gasteiger charge is -2.41. The van der Waals surface area contributed by atoms with Gasteiger partial charge in [0.1, 0.15) is 0 Å². The van der Waals surface area contributed by atoms with E-state index in [0.29, 0.717) is 18.4 Å². The van der Waals surface area contributed by atoms with E-state index in [2.05, 4.69) is 36.4 Å². The molecule has 2 amide bonds. The summed E-state index contributed by atoms with van der Waals surface area (Å²) in [7, 11) is 0. The van der Waals surface area contributed by atoms with Crippen LogP contribution in [0.4, 0.5) is 0 Å². The number of carbonyl (C=O) groups is 2. The van der Waals surface area contributed by atoms with Crippen LogP contribution in [0.5, 0.6) is 0 Å². The van der Waals surface area contributed by atoms with E-state index in [1.165, 1.54) is 0 Å². The highest BCUT2D eigenvalue weighted by Crippen LogP contribution is 2.27. The maximum atomic E-state index is 12.7. The molecule has 0 aliphatic carbocycles. The summed E-state index contributed by atoms with van der Waals surface area (Å²) in [5.74, 6) is -0.0617. The maximum Gasteiger partial charge on any atom is 0.251 e. The van der Waals surface area contributed by atoms with Crippen LogP contribution in [0.15, 0.2) is 36.5 Å². The van der Waals surface area contributed by atoms with Gasteiger partial charge in [-0.3, -0.25) is 14.6 Å². The van der Waals surface area contributed by atoms with Gasteiger partial charge in [0.15, 0.2) is 0 Å². The second kappa shape index (κ2) is 6.23. The van der Waals surface area contributed by atoms with Gasteiger partial charge in [-0.2, -0.15) is 0 Å². The minimum atomic E-state index is -0.124. The summed E-state index contributed by atoms with van der Waals surface area (Å²) in [6.07, 6.45) is 2.84. The van der Waals surface area contributed by atoms with Crippen molar-refractivity contribution >= 4 is 22.7 Å². The molecule has 1 saturated heterocycles. The molecule has 2 heterocycles. The van der Waals surface area contributed by atoms with E-state index in [1.54, 1.807) is 12.3 Å². The average molecular weight is 325 g/mol. The van der Waals surface area contributed by atoms with Crippen LogP contribution in [0, 0.1) is 5.41 Å². The number of rotatable bonds is 2. The van der Waals surface area contributed by atoms with E-state index in [9.17, 15) is 9.59 Å². The van der Waals surface area contributed by atoms with Crippen molar-refractivity contribution in [1.29, 1.82) is 0 Å². The number of amides is 2. The number of nitrogens with zero attached hydrogens (tertiary/aromatic N) is 1. The molecular formula is C19H23N3O2. The van der Waals surface area contributed by atoms with Gasteiger partial charge in [0.25, 0.3) is 5.91 Å². The van der Waals surface area contributed by atoms with E-state index >= 15 is 0 Å². The minimum absolute atomic E-state index is 0.0530. The normalized spacial score (nSPS) is 21.4. The molecule has 2 atom stereocenters. The van der Waals surface area contributed by atoms with E-state index in [-0.39, 0.29) is 29.3 Å². The van der Waals surface area contributed by atoms with Crippen molar-refractivity contribution in [2.45, 2.75) is 45.7 Å². The number of piperidine rings is 1. The molecule has 0 spiro atoms. The van der Waals surface area contributed by atoms with Gasteiger partial charge in [0, 0.05) is 23.6 Å². The third-order valence-electron chi connectivity index (χ3n) is 4.52. The first kappa shape index (κ1) is 16.4. The summed E-state index contributed by atoms with van der Waals surface area (Å²) >= 11 is 0. The highest BCUT2D eigenvalue weighted by molar-refractivity contribution is 5.98. The Labute approximate surface area is 141 Å². The Kier molecular flexibility index (Phi) is 4.26. The molecule has 1 aliphatic rings. The molecule has 1 aromatic carbocycles. The van der Waals surface area contributed by atoms with E-state index < -0.39 is 0 Å². The maximum absolute atomic E-state index is 12.7. The Balaban J connectivity index is 1.80. The Morgan fingerprint density at radius 2 is 2.08 bits per heavy atom. The number of hydrogen-bond donors (Lipinski definition) is 2. The van der Waals surface area contributed by atoms with Gasteiger partial charge in [-0.05, 0) is 36.1 Å². The summed E-state index contributed by atoms with van der Waals surface area (Å²) < 4.78 is 0. The van der Waals surface area contributed by atoms with Gasteiger partial charge >= 0.3 is 0 Å². The second-order valence-electron chi connectivity index (χ2n) is 7.44. The van der Waals surface area contributed by atoms with Crippen molar-refractivity contribution in [2.24, 2.45) is 5.41 Å². The zero-order valence-corrected chi connectivity index (χ0v) is 14.3. The van der Waals surface area contributed by atoms with Crippen molar-refractivity contribution < 1.29 is 9.59 Å². The number of benzene rings is 1. The molecule has 2 aromatic rings. The molecule has 0 bridgehead atoms. The van der Waals surface area contributed by atoms with Crippen LogP contribution >= 0.6 is 0 Å². The Morgan fingerprint density at radius 3 is 2.83 bits per heavy atom. The van der Waals surface area contributed by atoms with Gasteiger partial charge < -0.3 is 10.6 Å². The van der Waals surface area contributed by atoms with Crippen LogP contribution in [-0.4, -0.2) is 28.9 Å². The minimum Gasteiger partial charge on any atom is -0.351 e. The number of fused-ring (bicyclic) bond motifs is 1. The fraction of sp³-hybridized carbons (Fsp3) is 0.421. The van der Waals surface area contributed by atoms with Gasteiger partial charge in [-0.15, -0.1) is 0 Å². The monoisotopic (exact) mass is 325 g/mol. The Bertz CT molecular complexity index is 780. The molecule has 1 aliphatic heterocycles. The van der Waals surface area contributed by atoms with Gasteiger partial charge in [-0.25, -0.2) is 0 Å². The Hall–Kier alpha value is -2.43. The van der Waals surface area contributed by atoms with Crippen LogP contribution in [0.3, 0.4) is 0 Å². The molecule has 126 valence electrons. The molecule has 3 rings (SSSR count). The van der Waals surface area contributed by atoms with Crippen molar-refractivity contribution in [3.8, 4) is 0 Å². The van der Waals surface area contributed by atoms with Crippen LogP contribution in [-0.2, 0) is 4.79 Å². The topological polar surface area (TPSA) is 71.1 Å². The van der Waals surface area contributed by atoms with Crippen molar-refractivity contribution in [3.05, 3.63) is 42.1 Å². The SMILES string of the molecule is CC(C)(C)[C@@H]1NC(=O)CC[C@H]1NC(=O)c1ccc2ncccc2c1. The predicted molar refractivity (Wildman–Crippen MR) is 93.6 cm³/mol. The quantitative estimate of drug-likeness (QED) is 0.892. The summed E-state index contributed by atoms with van der Waals surface area (Å²) in [6, 6.07) is 9.15. The molecule has 0 radical (unpaired) electrons. The average Bonchev–Trinajstić information content (AvgIpc) is 2.55. The highest BCUT2D eigenvalue weighted by atomic mass is 16.2. The molecule has 1 aromatic heterocycles. The first-order valence-corrected chi connectivity index (χ1v) is 8.29. The molecule has 0 unspecified atom stereocenters. The van der Waals surface area contributed by atoms with Gasteiger partial charge in [-0.1, -0.05) is 26.8 Å². The number of hydrogen-bond acceptors (Lipinski definition) is 3. The lowest BCUT2D eigenvalue weighted by molar-refractivity contribution is -0.125. The largest absolute Gasteiger partial charge is 0.351 e. The molecule has 5 nitrogen and oxygen atoms in total. The fourth-order valence-corrected chi connectivity index (χ4v) is 3.24. The predicted octanol–water partition coefficient (Wildman–Crippen LogP) is 2.66. The number of pyridine rings is 1. The van der Waals surface area contributed by atoms with Crippen molar-refractivity contribution in [2.75, 3.05) is 0 Å². The standard InChI is InChI=1S/C19H23N3O2/c1-19(2,3)17-15(8-9-16(23)22-17)21-18(24)13-6-7-14-12(11-13)5-4-10-20-14/h4-7,10-11,15,17H,8-9H2,1-3H3,(H,21,24)(H,22,23)/t15-,17-/m1/s1. The first-order valence-electron chi connectivity index (χ1n) is 8.29. The third kappa shape index (κ3) is 3.40. The number of nitrogens with one attached hydrogen (secondary N) is 2. The van der Waals surface area contributed by atoms with Crippen molar-refractivity contribution in [3.63, 3.8) is 0 Å². The van der Waals surface area contributed by atoms with Gasteiger partial charge in [0.05, 0.1) is 17.6 Å².